The van der Waals surface area contributed by atoms with Crippen LogP contribution >= 0.6 is 11.6 Å². The second-order valence-electron chi connectivity index (χ2n) is 8.34. The van der Waals surface area contributed by atoms with Gasteiger partial charge in [-0.2, -0.15) is 0 Å². The Morgan fingerprint density at radius 2 is 1.74 bits per heavy atom. The quantitative estimate of drug-likeness (QED) is 0.366. The molecular formula is C27H21ClFN5. The van der Waals surface area contributed by atoms with E-state index >= 15 is 0 Å². The van der Waals surface area contributed by atoms with Crippen LogP contribution in [0.1, 0.15) is 0 Å². The van der Waals surface area contributed by atoms with Crippen LogP contribution in [-0.4, -0.2) is 41.1 Å². The summed E-state index contributed by atoms with van der Waals surface area (Å²) in [5, 5.41) is 6.94. The van der Waals surface area contributed by atoms with Crippen LogP contribution in [0.4, 0.5) is 10.1 Å². The maximum absolute atomic E-state index is 14.8. The molecule has 1 saturated heterocycles. The predicted molar refractivity (Wildman–Crippen MR) is 136 cm³/mol. The Morgan fingerprint density at radius 1 is 0.853 bits per heavy atom. The highest BCUT2D eigenvalue weighted by molar-refractivity contribution is 6.30. The first-order chi connectivity index (χ1) is 16.7. The highest BCUT2D eigenvalue weighted by Crippen LogP contribution is 2.39. The summed E-state index contributed by atoms with van der Waals surface area (Å²) in [6, 6.07) is 16.7. The van der Waals surface area contributed by atoms with Crippen LogP contribution in [0.2, 0.25) is 5.02 Å². The van der Waals surface area contributed by atoms with E-state index in [1.165, 1.54) is 17.8 Å². The number of rotatable bonds is 3. The van der Waals surface area contributed by atoms with Crippen molar-refractivity contribution in [2.24, 2.45) is 0 Å². The fourth-order valence-electron chi connectivity index (χ4n) is 4.70. The highest BCUT2D eigenvalue weighted by Gasteiger charge is 2.18. The van der Waals surface area contributed by atoms with Gasteiger partial charge in [-0.15, -0.1) is 0 Å². The van der Waals surface area contributed by atoms with Crippen LogP contribution in [0, 0.1) is 5.82 Å². The molecule has 0 atom stereocenters. The number of nitrogens with one attached hydrogen (secondary N) is 1. The van der Waals surface area contributed by atoms with E-state index in [1.54, 1.807) is 12.3 Å². The summed E-state index contributed by atoms with van der Waals surface area (Å²) in [7, 11) is 0. The van der Waals surface area contributed by atoms with Crippen molar-refractivity contribution >= 4 is 39.1 Å². The van der Waals surface area contributed by atoms with Gasteiger partial charge in [0.2, 0.25) is 0 Å². The summed E-state index contributed by atoms with van der Waals surface area (Å²) in [6.07, 6.45) is 5.44. The molecule has 0 amide bonds. The maximum Gasteiger partial charge on any atom is 0.160 e. The fourth-order valence-corrected chi connectivity index (χ4v) is 4.88. The zero-order valence-electron chi connectivity index (χ0n) is 18.3. The Labute approximate surface area is 201 Å². The van der Waals surface area contributed by atoms with E-state index < -0.39 is 0 Å². The van der Waals surface area contributed by atoms with Crippen molar-refractivity contribution in [1.82, 2.24) is 20.3 Å². The lowest BCUT2D eigenvalue weighted by molar-refractivity contribution is 0.590. The highest BCUT2D eigenvalue weighted by atomic mass is 35.5. The number of halogens is 2. The predicted octanol–water partition coefficient (Wildman–Crippen LogP) is 5.71. The van der Waals surface area contributed by atoms with Crippen molar-refractivity contribution in [3.63, 3.8) is 0 Å². The van der Waals surface area contributed by atoms with Crippen molar-refractivity contribution < 1.29 is 4.39 Å². The van der Waals surface area contributed by atoms with Gasteiger partial charge in [0.15, 0.2) is 5.65 Å². The van der Waals surface area contributed by atoms with Gasteiger partial charge in [0.05, 0.1) is 5.69 Å². The Hall–Kier alpha value is -3.61. The molecule has 0 radical (unpaired) electrons. The number of aromatic nitrogens is 3. The summed E-state index contributed by atoms with van der Waals surface area (Å²) < 4.78 is 14.8. The molecule has 1 aliphatic heterocycles. The first-order valence-corrected chi connectivity index (χ1v) is 11.6. The molecule has 1 N–H and O–H groups in total. The van der Waals surface area contributed by atoms with Crippen molar-refractivity contribution in [3.8, 4) is 22.4 Å². The second kappa shape index (κ2) is 8.63. The Morgan fingerprint density at radius 3 is 2.62 bits per heavy atom. The molecule has 0 aliphatic carbocycles. The summed E-state index contributed by atoms with van der Waals surface area (Å²) >= 11 is 6.18. The third-order valence-electron chi connectivity index (χ3n) is 6.33. The molecule has 1 fully saturated rings. The van der Waals surface area contributed by atoms with Gasteiger partial charge in [-0.3, -0.25) is 4.98 Å². The Kier molecular flexibility index (Phi) is 5.32. The van der Waals surface area contributed by atoms with Gasteiger partial charge in [0.25, 0.3) is 0 Å². The number of hydrogen-bond donors (Lipinski definition) is 1. The number of pyridine rings is 3. The van der Waals surface area contributed by atoms with E-state index in [0.29, 0.717) is 21.9 Å². The zero-order valence-corrected chi connectivity index (χ0v) is 19.1. The number of piperazine rings is 1. The topological polar surface area (TPSA) is 53.9 Å². The smallest absolute Gasteiger partial charge is 0.160 e. The second-order valence-corrected chi connectivity index (χ2v) is 8.78. The Balaban J connectivity index is 1.61. The minimum absolute atomic E-state index is 0.352. The molecule has 34 heavy (non-hydrogen) atoms. The van der Waals surface area contributed by atoms with E-state index in [-0.39, 0.29) is 5.82 Å². The average molecular weight is 470 g/mol. The molecule has 0 bridgehead atoms. The van der Waals surface area contributed by atoms with Crippen LogP contribution < -0.4 is 10.2 Å². The molecule has 0 saturated carbocycles. The standard InChI is InChI=1S/C27H21ClFN5/c28-17-3-5-24(29)22(14-17)25-15-21(20-2-1-8-32-27(20)33-25)18-4-6-26(34-12-10-30-11-13-34)23-16-31-9-7-19(18)23/h1-9,14-16,30H,10-13H2. The third-order valence-corrected chi connectivity index (χ3v) is 6.57. The van der Waals surface area contributed by atoms with E-state index in [4.69, 9.17) is 11.6 Å². The molecule has 0 unspecified atom stereocenters. The van der Waals surface area contributed by atoms with E-state index in [9.17, 15) is 4.39 Å². The van der Waals surface area contributed by atoms with Gasteiger partial charge >= 0.3 is 0 Å². The molecular weight excluding hydrogens is 449 g/mol. The molecule has 5 aromatic rings. The van der Waals surface area contributed by atoms with Gasteiger partial charge in [0.1, 0.15) is 5.82 Å². The first kappa shape index (κ1) is 21.0. The fraction of sp³-hybridized carbons (Fsp3) is 0.148. The molecule has 7 heteroatoms. The van der Waals surface area contributed by atoms with Gasteiger partial charge in [-0.25, -0.2) is 14.4 Å². The van der Waals surface area contributed by atoms with Gasteiger partial charge in [-0.05, 0) is 65.0 Å². The van der Waals surface area contributed by atoms with Crippen LogP contribution in [0.25, 0.3) is 44.2 Å². The van der Waals surface area contributed by atoms with E-state index in [2.05, 4.69) is 37.3 Å². The number of benzene rings is 2. The number of anilines is 1. The molecule has 5 nitrogen and oxygen atoms in total. The maximum atomic E-state index is 14.8. The minimum Gasteiger partial charge on any atom is -0.368 e. The van der Waals surface area contributed by atoms with E-state index in [1.807, 2.05) is 36.7 Å². The summed E-state index contributed by atoms with van der Waals surface area (Å²) in [6.45, 7) is 3.81. The molecule has 1 aliphatic rings. The van der Waals surface area contributed by atoms with Crippen molar-refractivity contribution in [2.75, 3.05) is 31.1 Å². The molecule has 2 aromatic carbocycles. The lowest BCUT2D eigenvalue weighted by atomic mass is 9.94. The monoisotopic (exact) mass is 469 g/mol. The minimum atomic E-state index is -0.374. The van der Waals surface area contributed by atoms with Crippen LogP contribution in [0.3, 0.4) is 0 Å². The SMILES string of the molecule is Fc1ccc(Cl)cc1-c1cc(-c2ccc(N3CCNCC3)c3cnccc23)c2cccnc2n1. The normalized spacial score (nSPS) is 14.1. The summed E-state index contributed by atoms with van der Waals surface area (Å²) in [5.41, 5.74) is 4.55. The van der Waals surface area contributed by atoms with Crippen molar-refractivity contribution in [1.29, 1.82) is 0 Å². The van der Waals surface area contributed by atoms with Crippen LogP contribution in [0.5, 0.6) is 0 Å². The zero-order chi connectivity index (χ0) is 23.1. The lowest BCUT2D eigenvalue weighted by Gasteiger charge is -2.30. The molecule has 168 valence electrons. The number of hydrogen-bond acceptors (Lipinski definition) is 5. The largest absolute Gasteiger partial charge is 0.368 e. The molecule has 3 aromatic heterocycles. The van der Waals surface area contributed by atoms with Gasteiger partial charge < -0.3 is 10.2 Å². The number of fused-ring (bicyclic) bond motifs is 2. The van der Waals surface area contributed by atoms with Crippen LogP contribution in [-0.2, 0) is 0 Å². The van der Waals surface area contributed by atoms with Crippen molar-refractivity contribution in [2.45, 2.75) is 0 Å². The average Bonchev–Trinajstić information content (AvgIpc) is 2.89. The molecule has 0 spiro atoms. The number of nitrogens with zero attached hydrogens (tertiary/aromatic N) is 4. The lowest BCUT2D eigenvalue weighted by Crippen LogP contribution is -2.43. The van der Waals surface area contributed by atoms with Gasteiger partial charge in [0, 0.05) is 71.8 Å². The molecule has 4 heterocycles. The van der Waals surface area contributed by atoms with Crippen molar-refractivity contribution in [3.05, 3.63) is 84.0 Å². The summed E-state index contributed by atoms with van der Waals surface area (Å²) in [4.78, 5) is 16.0. The third kappa shape index (κ3) is 3.65. The first-order valence-electron chi connectivity index (χ1n) is 11.2. The Bertz CT molecular complexity index is 1530. The van der Waals surface area contributed by atoms with Crippen LogP contribution in [0.15, 0.2) is 73.2 Å². The summed E-state index contributed by atoms with van der Waals surface area (Å²) in [5.74, 6) is -0.374. The van der Waals surface area contributed by atoms with Gasteiger partial charge in [-0.1, -0.05) is 17.7 Å². The van der Waals surface area contributed by atoms with E-state index in [0.717, 1.165) is 53.5 Å². The molecule has 6 rings (SSSR count).